The topological polar surface area (TPSA) is 40.8 Å². The normalized spacial score (nSPS) is 18.2. The highest BCUT2D eigenvalue weighted by molar-refractivity contribution is 5.41. The van der Waals surface area contributed by atoms with Crippen molar-refractivity contribution < 1.29 is 5.11 Å². The summed E-state index contributed by atoms with van der Waals surface area (Å²) in [6.45, 7) is 3.65. The smallest absolute Gasteiger partial charge is 0.136 e. The van der Waals surface area contributed by atoms with Crippen molar-refractivity contribution in [2.45, 2.75) is 44.8 Å². The fourth-order valence-corrected chi connectivity index (χ4v) is 3.28. The Morgan fingerprint density at radius 3 is 2.85 bits per heavy atom. The molecular formula is C16H23N3O. The summed E-state index contributed by atoms with van der Waals surface area (Å²) in [5.41, 5.74) is 2.91. The Morgan fingerprint density at radius 2 is 2.10 bits per heavy atom. The molecule has 1 aliphatic rings. The summed E-state index contributed by atoms with van der Waals surface area (Å²) in [5, 5.41) is 10.5. The van der Waals surface area contributed by atoms with E-state index in [9.17, 15) is 5.11 Å². The van der Waals surface area contributed by atoms with Crippen LogP contribution in [0.5, 0.6) is 0 Å². The number of imidazole rings is 1. The molecule has 2 heterocycles. The van der Waals surface area contributed by atoms with Gasteiger partial charge in [-0.3, -0.25) is 4.90 Å². The van der Waals surface area contributed by atoms with E-state index in [0.29, 0.717) is 0 Å². The molecule has 3 rings (SSSR count). The molecule has 1 aliphatic carbocycles. The molecule has 0 aliphatic heterocycles. The number of rotatable bonds is 4. The molecule has 0 atom stereocenters. The van der Waals surface area contributed by atoms with E-state index in [1.54, 1.807) is 0 Å². The first-order valence-corrected chi connectivity index (χ1v) is 7.39. The van der Waals surface area contributed by atoms with Crippen molar-refractivity contribution in [3.63, 3.8) is 0 Å². The van der Waals surface area contributed by atoms with E-state index in [1.165, 1.54) is 11.3 Å². The van der Waals surface area contributed by atoms with Gasteiger partial charge in [-0.15, -0.1) is 0 Å². The van der Waals surface area contributed by atoms with Crippen LogP contribution in [0, 0.1) is 6.92 Å². The van der Waals surface area contributed by atoms with Gasteiger partial charge in [-0.05, 0) is 38.4 Å². The van der Waals surface area contributed by atoms with Crippen molar-refractivity contribution in [3.05, 3.63) is 35.8 Å². The zero-order valence-corrected chi connectivity index (χ0v) is 12.3. The maximum Gasteiger partial charge on any atom is 0.136 e. The van der Waals surface area contributed by atoms with Crippen LogP contribution >= 0.6 is 0 Å². The minimum Gasteiger partial charge on any atom is -0.389 e. The lowest BCUT2D eigenvalue weighted by atomic mass is 10.0. The summed E-state index contributed by atoms with van der Waals surface area (Å²) in [6, 6.07) is 4.13. The van der Waals surface area contributed by atoms with Crippen LogP contribution in [0.25, 0.3) is 5.65 Å². The second-order valence-corrected chi connectivity index (χ2v) is 6.29. The Labute approximate surface area is 120 Å². The molecule has 1 saturated carbocycles. The molecule has 4 nitrogen and oxygen atoms in total. The zero-order valence-electron chi connectivity index (χ0n) is 12.3. The van der Waals surface area contributed by atoms with Gasteiger partial charge in [-0.25, -0.2) is 4.98 Å². The van der Waals surface area contributed by atoms with E-state index in [0.717, 1.165) is 44.4 Å². The van der Waals surface area contributed by atoms with Crippen LogP contribution in [0.4, 0.5) is 0 Å². The van der Waals surface area contributed by atoms with Crippen molar-refractivity contribution in [2.75, 3.05) is 13.6 Å². The first-order valence-electron chi connectivity index (χ1n) is 7.39. The second kappa shape index (κ2) is 5.19. The lowest BCUT2D eigenvalue weighted by Crippen LogP contribution is -2.38. The molecule has 0 bridgehead atoms. The first kappa shape index (κ1) is 13.6. The molecule has 0 aromatic carbocycles. The third-order valence-electron chi connectivity index (χ3n) is 4.26. The van der Waals surface area contributed by atoms with Gasteiger partial charge in [-0.2, -0.15) is 0 Å². The number of nitrogens with zero attached hydrogens (tertiary/aromatic N) is 3. The number of fused-ring (bicyclic) bond motifs is 1. The van der Waals surface area contributed by atoms with Crippen molar-refractivity contribution in [1.29, 1.82) is 0 Å². The Hall–Kier alpha value is -1.39. The van der Waals surface area contributed by atoms with Gasteiger partial charge in [0.25, 0.3) is 0 Å². The SMILES string of the molecule is Cc1ccc2ncc(CN(C)CC3(O)CCCC3)n2c1. The zero-order chi connectivity index (χ0) is 14.2. The fourth-order valence-electron chi connectivity index (χ4n) is 3.28. The van der Waals surface area contributed by atoms with Crippen LogP contribution in [-0.4, -0.2) is 38.6 Å². The van der Waals surface area contributed by atoms with Gasteiger partial charge in [0.2, 0.25) is 0 Å². The van der Waals surface area contributed by atoms with Gasteiger partial charge in [-0.1, -0.05) is 18.9 Å². The maximum atomic E-state index is 10.5. The molecular weight excluding hydrogens is 250 g/mol. The average Bonchev–Trinajstić information content (AvgIpc) is 2.97. The first-order chi connectivity index (χ1) is 9.56. The number of likely N-dealkylation sites (N-methyl/N-ethyl adjacent to an activating group) is 1. The molecule has 20 heavy (non-hydrogen) atoms. The summed E-state index contributed by atoms with van der Waals surface area (Å²) >= 11 is 0. The summed E-state index contributed by atoms with van der Waals surface area (Å²) in [5.74, 6) is 0. The average molecular weight is 273 g/mol. The van der Waals surface area contributed by atoms with Crippen LogP contribution in [0.1, 0.15) is 36.9 Å². The van der Waals surface area contributed by atoms with Crippen LogP contribution in [0.15, 0.2) is 24.5 Å². The van der Waals surface area contributed by atoms with E-state index in [2.05, 4.69) is 40.5 Å². The number of aryl methyl sites for hydroxylation is 1. The number of hydrogen-bond donors (Lipinski definition) is 1. The van der Waals surface area contributed by atoms with Gasteiger partial charge in [0.1, 0.15) is 5.65 Å². The molecule has 1 fully saturated rings. The predicted octanol–water partition coefficient (Wildman–Crippen LogP) is 2.38. The van der Waals surface area contributed by atoms with Crippen LogP contribution in [0.3, 0.4) is 0 Å². The number of aliphatic hydroxyl groups is 1. The molecule has 0 radical (unpaired) electrons. The summed E-state index contributed by atoms with van der Waals surface area (Å²) < 4.78 is 2.14. The number of aromatic nitrogens is 2. The standard InChI is InChI=1S/C16H23N3O/c1-13-5-6-15-17-9-14(19(15)10-13)11-18(2)12-16(20)7-3-4-8-16/h5-6,9-10,20H,3-4,7-8,11-12H2,1-2H3. The summed E-state index contributed by atoms with van der Waals surface area (Å²) in [6.07, 6.45) is 8.23. The predicted molar refractivity (Wildman–Crippen MR) is 79.7 cm³/mol. The quantitative estimate of drug-likeness (QED) is 0.930. The van der Waals surface area contributed by atoms with E-state index >= 15 is 0 Å². The molecule has 2 aromatic rings. The van der Waals surface area contributed by atoms with Crippen molar-refractivity contribution in [3.8, 4) is 0 Å². The van der Waals surface area contributed by atoms with Gasteiger partial charge in [0, 0.05) is 19.3 Å². The lowest BCUT2D eigenvalue weighted by Gasteiger charge is -2.28. The van der Waals surface area contributed by atoms with Crippen molar-refractivity contribution in [1.82, 2.24) is 14.3 Å². The van der Waals surface area contributed by atoms with E-state index in [1.807, 2.05) is 12.3 Å². The lowest BCUT2D eigenvalue weighted by molar-refractivity contribution is 0.0142. The molecule has 0 saturated heterocycles. The monoisotopic (exact) mass is 273 g/mol. The highest BCUT2D eigenvalue weighted by atomic mass is 16.3. The van der Waals surface area contributed by atoms with E-state index in [-0.39, 0.29) is 0 Å². The van der Waals surface area contributed by atoms with Gasteiger partial charge in [0.15, 0.2) is 0 Å². The number of hydrogen-bond acceptors (Lipinski definition) is 3. The third kappa shape index (κ3) is 2.72. The van der Waals surface area contributed by atoms with E-state index < -0.39 is 5.60 Å². The fraction of sp³-hybridized carbons (Fsp3) is 0.562. The van der Waals surface area contributed by atoms with Gasteiger partial charge in [0.05, 0.1) is 17.5 Å². The second-order valence-electron chi connectivity index (χ2n) is 6.29. The van der Waals surface area contributed by atoms with E-state index in [4.69, 9.17) is 0 Å². The molecule has 4 heteroatoms. The molecule has 0 unspecified atom stereocenters. The number of pyridine rings is 1. The Kier molecular flexibility index (Phi) is 3.52. The van der Waals surface area contributed by atoms with Crippen LogP contribution < -0.4 is 0 Å². The largest absolute Gasteiger partial charge is 0.389 e. The minimum absolute atomic E-state index is 0.481. The summed E-state index contributed by atoms with van der Waals surface area (Å²) in [4.78, 5) is 6.64. The Morgan fingerprint density at radius 1 is 1.35 bits per heavy atom. The van der Waals surface area contributed by atoms with Gasteiger partial charge < -0.3 is 9.51 Å². The van der Waals surface area contributed by atoms with Crippen molar-refractivity contribution >= 4 is 5.65 Å². The van der Waals surface area contributed by atoms with Crippen LogP contribution in [0.2, 0.25) is 0 Å². The third-order valence-corrected chi connectivity index (χ3v) is 4.26. The van der Waals surface area contributed by atoms with Crippen LogP contribution in [-0.2, 0) is 6.54 Å². The van der Waals surface area contributed by atoms with Gasteiger partial charge >= 0.3 is 0 Å². The highest BCUT2D eigenvalue weighted by Gasteiger charge is 2.32. The Balaban J connectivity index is 1.74. The maximum absolute atomic E-state index is 10.5. The molecule has 0 amide bonds. The Bertz CT molecular complexity index is 599. The summed E-state index contributed by atoms with van der Waals surface area (Å²) in [7, 11) is 2.07. The molecule has 108 valence electrons. The molecule has 1 N–H and O–H groups in total. The van der Waals surface area contributed by atoms with Crippen molar-refractivity contribution in [2.24, 2.45) is 0 Å². The minimum atomic E-state index is -0.481. The molecule has 0 spiro atoms. The highest BCUT2D eigenvalue weighted by Crippen LogP contribution is 2.30. The molecule has 2 aromatic heterocycles.